The van der Waals surface area contributed by atoms with Crippen LogP contribution in [0.15, 0.2) is 42.5 Å². The first-order chi connectivity index (χ1) is 9.63. The van der Waals surface area contributed by atoms with Crippen molar-refractivity contribution in [1.82, 2.24) is 0 Å². The van der Waals surface area contributed by atoms with Gasteiger partial charge in [-0.15, -0.1) is 0 Å². The first kappa shape index (κ1) is 14.1. The molecule has 2 aromatic carbocycles. The predicted octanol–water partition coefficient (Wildman–Crippen LogP) is 3.00. The smallest absolute Gasteiger partial charge is 0.101 e. The first-order valence-corrected chi connectivity index (χ1v) is 6.54. The number of anilines is 1. The van der Waals surface area contributed by atoms with Gasteiger partial charge in [-0.3, -0.25) is 0 Å². The average molecular weight is 266 g/mol. The summed E-state index contributed by atoms with van der Waals surface area (Å²) in [6, 6.07) is 16.0. The van der Waals surface area contributed by atoms with Gasteiger partial charge in [-0.25, -0.2) is 0 Å². The third-order valence-electron chi connectivity index (χ3n) is 3.28. The first-order valence-electron chi connectivity index (χ1n) is 6.54. The second kappa shape index (κ2) is 6.23. The second-order valence-corrected chi connectivity index (χ2v) is 4.97. The van der Waals surface area contributed by atoms with E-state index in [0.29, 0.717) is 5.56 Å². The highest BCUT2D eigenvalue weighted by Crippen LogP contribution is 2.22. The molecule has 0 radical (unpaired) electrons. The van der Waals surface area contributed by atoms with Gasteiger partial charge < -0.3 is 10.0 Å². The van der Waals surface area contributed by atoms with Crippen LogP contribution >= 0.6 is 0 Å². The van der Waals surface area contributed by atoms with E-state index in [9.17, 15) is 5.26 Å². The van der Waals surface area contributed by atoms with Crippen LogP contribution < -0.4 is 4.90 Å². The molecule has 0 aliphatic heterocycles. The van der Waals surface area contributed by atoms with Crippen molar-refractivity contribution >= 4 is 5.69 Å². The van der Waals surface area contributed by atoms with Crippen molar-refractivity contribution in [2.24, 2.45) is 0 Å². The van der Waals surface area contributed by atoms with Gasteiger partial charge >= 0.3 is 0 Å². The maximum absolute atomic E-state index is 9.24. The summed E-state index contributed by atoms with van der Waals surface area (Å²) in [6.07, 6.45) is 0. The molecule has 102 valence electrons. The maximum Gasteiger partial charge on any atom is 0.101 e. The summed E-state index contributed by atoms with van der Waals surface area (Å²) in [5.41, 5.74) is 4.67. The van der Waals surface area contributed by atoms with Gasteiger partial charge in [-0.2, -0.15) is 5.26 Å². The van der Waals surface area contributed by atoms with Crippen molar-refractivity contribution in [3.05, 3.63) is 64.7 Å². The Bertz CT molecular complexity index is 644. The molecule has 0 unspecified atom stereocenters. The molecular formula is C17H18N2O. The Morgan fingerprint density at radius 2 is 1.95 bits per heavy atom. The summed E-state index contributed by atoms with van der Waals surface area (Å²) in [4.78, 5) is 2.05. The molecule has 0 amide bonds. The van der Waals surface area contributed by atoms with E-state index in [-0.39, 0.29) is 6.61 Å². The van der Waals surface area contributed by atoms with Crippen molar-refractivity contribution in [2.45, 2.75) is 20.1 Å². The van der Waals surface area contributed by atoms with Crippen molar-refractivity contribution in [2.75, 3.05) is 11.9 Å². The van der Waals surface area contributed by atoms with E-state index in [0.717, 1.165) is 17.8 Å². The number of aliphatic hydroxyl groups excluding tert-OH is 1. The molecule has 0 saturated carbocycles. The summed E-state index contributed by atoms with van der Waals surface area (Å²) in [7, 11) is 1.97. The van der Waals surface area contributed by atoms with Crippen molar-refractivity contribution in [3.63, 3.8) is 0 Å². The van der Waals surface area contributed by atoms with Gasteiger partial charge in [0.05, 0.1) is 17.9 Å². The molecule has 2 aromatic rings. The van der Waals surface area contributed by atoms with E-state index in [1.807, 2.05) is 25.2 Å². The van der Waals surface area contributed by atoms with Crippen LogP contribution in [0.2, 0.25) is 0 Å². The van der Waals surface area contributed by atoms with E-state index < -0.39 is 0 Å². The molecule has 0 saturated heterocycles. The Balaban J connectivity index is 2.25. The largest absolute Gasteiger partial charge is 0.392 e. The molecule has 0 heterocycles. The SMILES string of the molecule is Cc1cccc(CN(C)c2ccc(CO)cc2C#N)c1. The molecule has 3 heteroatoms. The molecule has 20 heavy (non-hydrogen) atoms. The number of hydrogen-bond acceptors (Lipinski definition) is 3. The number of aryl methyl sites for hydroxylation is 1. The molecule has 0 aliphatic carbocycles. The lowest BCUT2D eigenvalue weighted by Gasteiger charge is -2.21. The van der Waals surface area contributed by atoms with E-state index >= 15 is 0 Å². The predicted molar refractivity (Wildman–Crippen MR) is 80.4 cm³/mol. The Labute approximate surface area is 119 Å². The van der Waals surface area contributed by atoms with Gasteiger partial charge in [-0.05, 0) is 30.2 Å². The summed E-state index contributed by atoms with van der Waals surface area (Å²) >= 11 is 0. The summed E-state index contributed by atoms with van der Waals surface area (Å²) in [6.45, 7) is 2.77. The molecule has 2 rings (SSSR count). The van der Waals surface area contributed by atoms with Crippen molar-refractivity contribution in [3.8, 4) is 6.07 Å². The Morgan fingerprint density at radius 1 is 1.15 bits per heavy atom. The zero-order valence-corrected chi connectivity index (χ0v) is 11.8. The number of aliphatic hydroxyl groups is 1. The third-order valence-corrected chi connectivity index (χ3v) is 3.28. The highest BCUT2D eigenvalue weighted by molar-refractivity contribution is 5.60. The molecule has 0 spiro atoms. The summed E-state index contributed by atoms with van der Waals surface area (Å²) in [5.74, 6) is 0. The number of hydrogen-bond donors (Lipinski definition) is 1. The van der Waals surface area contributed by atoms with Gasteiger partial charge in [0.1, 0.15) is 6.07 Å². The van der Waals surface area contributed by atoms with Crippen LogP contribution in [0.3, 0.4) is 0 Å². The summed E-state index contributed by atoms with van der Waals surface area (Å²) in [5, 5.41) is 18.4. The van der Waals surface area contributed by atoms with E-state index in [4.69, 9.17) is 5.11 Å². The monoisotopic (exact) mass is 266 g/mol. The zero-order chi connectivity index (χ0) is 14.5. The zero-order valence-electron chi connectivity index (χ0n) is 11.8. The number of nitrogens with zero attached hydrogens (tertiary/aromatic N) is 2. The van der Waals surface area contributed by atoms with E-state index in [1.165, 1.54) is 11.1 Å². The van der Waals surface area contributed by atoms with Crippen LogP contribution in [0.5, 0.6) is 0 Å². The van der Waals surface area contributed by atoms with Crippen LogP contribution in [-0.4, -0.2) is 12.2 Å². The molecule has 1 N–H and O–H groups in total. The summed E-state index contributed by atoms with van der Waals surface area (Å²) < 4.78 is 0. The quantitative estimate of drug-likeness (QED) is 0.925. The minimum absolute atomic E-state index is 0.0451. The van der Waals surface area contributed by atoms with Crippen LogP contribution in [0.1, 0.15) is 22.3 Å². The van der Waals surface area contributed by atoms with Gasteiger partial charge in [0.25, 0.3) is 0 Å². The van der Waals surface area contributed by atoms with Gasteiger partial charge in [-0.1, -0.05) is 35.9 Å². The Kier molecular flexibility index (Phi) is 4.39. The fraction of sp³-hybridized carbons (Fsp3) is 0.235. The van der Waals surface area contributed by atoms with Gasteiger partial charge in [0.15, 0.2) is 0 Å². The average Bonchev–Trinajstić information content (AvgIpc) is 2.46. The van der Waals surface area contributed by atoms with Crippen LogP contribution in [0.4, 0.5) is 5.69 Å². The fourth-order valence-corrected chi connectivity index (χ4v) is 2.27. The third kappa shape index (κ3) is 3.17. The lowest BCUT2D eigenvalue weighted by Crippen LogP contribution is -2.17. The number of benzene rings is 2. The van der Waals surface area contributed by atoms with Crippen molar-refractivity contribution < 1.29 is 5.11 Å². The molecule has 0 atom stereocenters. The lowest BCUT2D eigenvalue weighted by molar-refractivity contribution is 0.282. The highest BCUT2D eigenvalue weighted by atomic mass is 16.3. The maximum atomic E-state index is 9.24. The van der Waals surface area contributed by atoms with Crippen LogP contribution in [0, 0.1) is 18.3 Å². The number of nitriles is 1. The second-order valence-electron chi connectivity index (χ2n) is 4.97. The lowest BCUT2D eigenvalue weighted by atomic mass is 10.1. The minimum Gasteiger partial charge on any atom is -0.392 e. The normalized spacial score (nSPS) is 10.1. The Hall–Kier alpha value is -2.31. The molecule has 3 nitrogen and oxygen atoms in total. The van der Waals surface area contributed by atoms with Crippen LogP contribution in [-0.2, 0) is 13.2 Å². The standard InChI is InChI=1S/C17H18N2O/c1-13-4-3-5-14(8-13)11-19(2)17-7-6-15(12-20)9-16(17)10-18/h3-9,20H,11-12H2,1-2H3. The molecule has 0 bridgehead atoms. The topological polar surface area (TPSA) is 47.3 Å². The highest BCUT2D eigenvalue weighted by Gasteiger charge is 2.09. The van der Waals surface area contributed by atoms with Gasteiger partial charge in [0, 0.05) is 13.6 Å². The van der Waals surface area contributed by atoms with Crippen LogP contribution in [0.25, 0.3) is 0 Å². The number of rotatable bonds is 4. The molecular weight excluding hydrogens is 248 g/mol. The molecule has 0 aromatic heterocycles. The fourth-order valence-electron chi connectivity index (χ4n) is 2.27. The minimum atomic E-state index is -0.0451. The van der Waals surface area contributed by atoms with E-state index in [2.05, 4.69) is 36.1 Å². The van der Waals surface area contributed by atoms with E-state index in [1.54, 1.807) is 6.07 Å². The van der Waals surface area contributed by atoms with Crippen molar-refractivity contribution in [1.29, 1.82) is 5.26 Å². The Morgan fingerprint density at radius 3 is 2.60 bits per heavy atom. The molecule has 0 aliphatic rings. The van der Waals surface area contributed by atoms with Gasteiger partial charge in [0.2, 0.25) is 0 Å². The molecule has 0 fully saturated rings.